The molecule has 0 fully saturated rings. The summed E-state index contributed by atoms with van der Waals surface area (Å²) in [6, 6.07) is 0. The molecule has 0 saturated carbocycles. The van der Waals surface area contributed by atoms with Gasteiger partial charge < -0.3 is 15.2 Å². The molecular weight excluding hydrogens is 146 g/mol. The van der Waals surface area contributed by atoms with Crippen molar-refractivity contribution in [3.8, 4) is 0 Å². The van der Waals surface area contributed by atoms with E-state index in [0.29, 0.717) is 13.0 Å². The summed E-state index contributed by atoms with van der Waals surface area (Å²) >= 11 is 0. The first-order chi connectivity index (χ1) is 5.20. The van der Waals surface area contributed by atoms with Gasteiger partial charge in [0, 0.05) is 6.54 Å². The molecule has 0 saturated heterocycles. The zero-order valence-electron chi connectivity index (χ0n) is 6.92. The SMILES string of the molecule is CCNC(=O)OCC([O-])CC. The maximum absolute atomic E-state index is 10.7. The van der Waals surface area contributed by atoms with Crippen LogP contribution >= 0.6 is 0 Å². The minimum absolute atomic E-state index is 0.0394. The predicted octanol–water partition coefficient (Wildman–Crippen LogP) is -0.129. The van der Waals surface area contributed by atoms with Crippen LogP contribution in [0.15, 0.2) is 0 Å². The van der Waals surface area contributed by atoms with Crippen molar-refractivity contribution in [2.45, 2.75) is 26.4 Å². The Bertz CT molecular complexity index is 116. The van der Waals surface area contributed by atoms with Gasteiger partial charge in [0.15, 0.2) is 0 Å². The first-order valence-electron chi connectivity index (χ1n) is 3.77. The molecular formula is C7H14NO3-. The number of carbonyl (C=O) groups excluding carboxylic acids is 1. The Morgan fingerprint density at radius 3 is 2.73 bits per heavy atom. The second-order valence-corrected chi connectivity index (χ2v) is 2.16. The van der Waals surface area contributed by atoms with Crippen molar-refractivity contribution in [1.82, 2.24) is 5.32 Å². The Hall–Kier alpha value is -0.770. The Balaban J connectivity index is 3.30. The van der Waals surface area contributed by atoms with Gasteiger partial charge >= 0.3 is 6.09 Å². The van der Waals surface area contributed by atoms with Crippen LogP contribution in [0.2, 0.25) is 0 Å². The molecule has 4 heteroatoms. The summed E-state index contributed by atoms with van der Waals surface area (Å²) in [4.78, 5) is 10.6. The molecule has 1 atom stereocenters. The van der Waals surface area contributed by atoms with Crippen LogP contribution < -0.4 is 10.4 Å². The molecule has 1 N–H and O–H groups in total. The zero-order chi connectivity index (χ0) is 8.69. The number of alkyl carbamates (subject to hydrolysis) is 1. The Labute approximate surface area is 66.5 Å². The van der Waals surface area contributed by atoms with E-state index >= 15 is 0 Å². The van der Waals surface area contributed by atoms with Crippen molar-refractivity contribution < 1.29 is 14.6 Å². The first-order valence-corrected chi connectivity index (χ1v) is 3.77. The summed E-state index contributed by atoms with van der Waals surface area (Å²) < 4.78 is 4.57. The average molecular weight is 160 g/mol. The molecule has 0 spiro atoms. The molecule has 0 bridgehead atoms. The number of hydrogen-bond donors (Lipinski definition) is 1. The highest BCUT2D eigenvalue weighted by atomic mass is 16.6. The van der Waals surface area contributed by atoms with Crippen molar-refractivity contribution in [3.05, 3.63) is 0 Å². The smallest absolute Gasteiger partial charge is 0.407 e. The summed E-state index contributed by atoms with van der Waals surface area (Å²) in [6.07, 6.45) is -0.821. The van der Waals surface area contributed by atoms with Gasteiger partial charge in [-0.25, -0.2) is 4.79 Å². The molecule has 0 aliphatic carbocycles. The number of hydrogen-bond acceptors (Lipinski definition) is 3. The molecule has 11 heavy (non-hydrogen) atoms. The molecule has 0 rings (SSSR count). The van der Waals surface area contributed by atoms with Gasteiger partial charge in [-0.1, -0.05) is 19.4 Å². The molecule has 0 radical (unpaired) electrons. The van der Waals surface area contributed by atoms with Crippen LogP contribution in [0.1, 0.15) is 20.3 Å². The van der Waals surface area contributed by atoms with Gasteiger partial charge in [-0.15, -0.1) is 0 Å². The summed E-state index contributed by atoms with van der Waals surface area (Å²) in [5.41, 5.74) is 0. The fourth-order valence-electron chi connectivity index (χ4n) is 0.482. The molecule has 4 nitrogen and oxygen atoms in total. The van der Waals surface area contributed by atoms with E-state index in [2.05, 4.69) is 10.1 Å². The molecule has 0 heterocycles. The largest absolute Gasteiger partial charge is 0.850 e. The predicted molar refractivity (Wildman–Crippen MR) is 39.1 cm³/mol. The maximum Gasteiger partial charge on any atom is 0.407 e. The van der Waals surface area contributed by atoms with Crippen LogP contribution in [0.25, 0.3) is 0 Å². The summed E-state index contributed by atoms with van der Waals surface area (Å²) in [5, 5.41) is 13.1. The Morgan fingerprint density at radius 2 is 2.27 bits per heavy atom. The molecule has 0 aromatic rings. The normalized spacial score (nSPS) is 12.3. The Morgan fingerprint density at radius 1 is 1.64 bits per heavy atom. The minimum Gasteiger partial charge on any atom is -0.850 e. The van der Waals surface area contributed by atoms with E-state index in [1.54, 1.807) is 13.8 Å². The van der Waals surface area contributed by atoms with E-state index in [4.69, 9.17) is 0 Å². The van der Waals surface area contributed by atoms with E-state index in [9.17, 15) is 9.90 Å². The van der Waals surface area contributed by atoms with Crippen molar-refractivity contribution in [2.75, 3.05) is 13.2 Å². The average Bonchev–Trinajstić information content (AvgIpc) is 2.01. The van der Waals surface area contributed by atoms with Crippen LogP contribution in [0.4, 0.5) is 4.79 Å². The van der Waals surface area contributed by atoms with Crippen LogP contribution in [0.5, 0.6) is 0 Å². The van der Waals surface area contributed by atoms with Crippen LogP contribution in [0, 0.1) is 0 Å². The lowest BCUT2D eigenvalue weighted by Gasteiger charge is -2.18. The third kappa shape index (κ3) is 5.66. The van der Waals surface area contributed by atoms with Crippen molar-refractivity contribution in [3.63, 3.8) is 0 Å². The monoisotopic (exact) mass is 160 g/mol. The van der Waals surface area contributed by atoms with Gasteiger partial charge in [-0.3, -0.25) is 0 Å². The second-order valence-electron chi connectivity index (χ2n) is 2.16. The van der Waals surface area contributed by atoms with Crippen molar-refractivity contribution in [1.29, 1.82) is 0 Å². The fraction of sp³-hybridized carbons (Fsp3) is 0.857. The highest BCUT2D eigenvalue weighted by molar-refractivity contribution is 5.66. The quantitative estimate of drug-likeness (QED) is 0.623. The van der Waals surface area contributed by atoms with Gasteiger partial charge in [0.2, 0.25) is 0 Å². The number of ether oxygens (including phenoxy) is 1. The third-order valence-corrected chi connectivity index (χ3v) is 1.18. The molecule has 1 unspecified atom stereocenters. The van der Waals surface area contributed by atoms with E-state index in [1.165, 1.54) is 0 Å². The van der Waals surface area contributed by atoms with Gasteiger partial charge in [0.1, 0.15) is 0 Å². The highest BCUT2D eigenvalue weighted by Crippen LogP contribution is 1.86. The van der Waals surface area contributed by atoms with Crippen molar-refractivity contribution in [2.24, 2.45) is 0 Å². The van der Waals surface area contributed by atoms with E-state index in [0.717, 1.165) is 0 Å². The molecule has 0 aliphatic rings. The second kappa shape index (κ2) is 5.97. The van der Waals surface area contributed by atoms with E-state index < -0.39 is 12.2 Å². The molecule has 66 valence electrons. The fourth-order valence-corrected chi connectivity index (χ4v) is 0.482. The third-order valence-electron chi connectivity index (χ3n) is 1.18. The summed E-state index contributed by atoms with van der Waals surface area (Å²) in [5.74, 6) is 0. The lowest BCUT2D eigenvalue weighted by molar-refractivity contribution is -0.425. The summed E-state index contributed by atoms with van der Waals surface area (Å²) in [7, 11) is 0. The van der Waals surface area contributed by atoms with Crippen LogP contribution in [-0.4, -0.2) is 25.3 Å². The van der Waals surface area contributed by atoms with Gasteiger partial charge in [0.05, 0.1) is 6.61 Å². The number of amides is 1. The number of carbonyl (C=O) groups is 1. The number of rotatable bonds is 4. The standard InChI is InChI=1S/C7H14NO3/c1-3-6(9)5-11-7(10)8-4-2/h6H,3-5H2,1-2H3,(H,8,10)/q-1. The molecule has 0 aliphatic heterocycles. The van der Waals surface area contributed by atoms with E-state index in [-0.39, 0.29) is 6.61 Å². The van der Waals surface area contributed by atoms with Gasteiger partial charge in [0.25, 0.3) is 0 Å². The minimum atomic E-state index is -0.794. The molecule has 0 aromatic carbocycles. The highest BCUT2D eigenvalue weighted by Gasteiger charge is 1.98. The maximum atomic E-state index is 10.7. The van der Waals surface area contributed by atoms with E-state index in [1.807, 2.05) is 0 Å². The van der Waals surface area contributed by atoms with Gasteiger partial charge in [-0.05, 0) is 6.92 Å². The Kier molecular flexibility index (Phi) is 5.56. The topological polar surface area (TPSA) is 61.4 Å². The molecule has 1 amide bonds. The first kappa shape index (κ1) is 10.2. The van der Waals surface area contributed by atoms with Crippen LogP contribution in [0.3, 0.4) is 0 Å². The molecule has 0 aromatic heterocycles. The lowest BCUT2D eigenvalue weighted by Crippen LogP contribution is -2.33. The zero-order valence-corrected chi connectivity index (χ0v) is 6.92. The van der Waals surface area contributed by atoms with Gasteiger partial charge in [-0.2, -0.15) is 0 Å². The van der Waals surface area contributed by atoms with Crippen molar-refractivity contribution >= 4 is 6.09 Å². The summed E-state index contributed by atoms with van der Waals surface area (Å²) in [6.45, 7) is 4.03. The lowest BCUT2D eigenvalue weighted by atomic mass is 10.3. The number of nitrogens with one attached hydrogen (secondary N) is 1. The van der Waals surface area contributed by atoms with Crippen LogP contribution in [-0.2, 0) is 4.74 Å².